The fourth-order valence-electron chi connectivity index (χ4n) is 5.58. The lowest BCUT2D eigenvalue weighted by Crippen LogP contribution is -2.15. The van der Waals surface area contributed by atoms with Gasteiger partial charge in [-0.2, -0.15) is 5.10 Å². The van der Waals surface area contributed by atoms with Crippen LogP contribution in [0.5, 0.6) is 5.75 Å². The lowest BCUT2D eigenvalue weighted by Gasteiger charge is -2.27. The highest BCUT2D eigenvalue weighted by atomic mass is 16.5. The third-order valence-corrected chi connectivity index (χ3v) is 8.51. The molecule has 5 rings (SSSR count). The number of methoxy groups -OCH3 is 1. The lowest BCUT2D eigenvalue weighted by atomic mass is 9.95. The van der Waals surface area contributed by atoms with E-state index >= 15 is 0 Å². The number of allylic oxidation sites excluding steroid dienone is 2. The van der Waals surface area contributed by atoms with E-state index in [1.807, 2.05) is 43.3 Å². The van der Waals surface area contributed by atoms with Crippen molar-refractivity contribution in [2.75, 3.05) is 12.4 Å². The third-order valence-electron chi connectivity index (χ3n) is 8.51. The van der Waals surface area contributed by atoms with Crippen molar-refractivity contribution in [2.24, 2.45) is 28.9 Å². The Labute approximate surface area is 258 Å². The fraction of sp³-hybridized carbons (Fsp3) is 0.472. The van der Waals surface area contributed by atoms with Crippen molar-refractivity contribution in [3.05, 3.63) is 65.6 Å². The van der Waals surface area contributed by atoms with Crippen molar-refractivity contribution >= 4 is 29.6 Å². The molecular formula is C36H50N6O. The van der Waals surface area contributed by atoms with E-state index in [2.05, 4.69) is 91.1 Å². The summed E-state index contributed by atoms with van der Waals surface area (Å²) in [4.78, 5) is 9.21. The molecule has 7 nitrogen and oxygen atoms in total. The Kier molecular flexibility index (Phi) is 11.2. The number of ether oxygens (including phenoxy) is 1. The summed E-state index contributed by atoms with van der Waals surface area (Å²) in [5.74, 6) is 3.97. The number of aromatic nitrogens is 3. The van der Waals surface area contributed by atoms with Crippen LogP contribution in [-0.4, -0.2) is 33.5 Å². The number of hydrogen-bond donors (Lipinski definition) is 1. The molecule has 0 bridgehead atoms. The van der Waals surface area contributed by atoms with Crippen LogP contribution in [0.3, 0.4) is 0 Å². The van der Waals surface area contributed by atoms with E-state index in [1.165, 1.54) is 43.4 Å². The largest absolute Gasteiger partial charge is 0.495 e. The second-order valence-corrected chi connectivity index (χ2v) is 12.1. The van der Waals surface area contributed by atoms with Crippen molar-refractivity contribution in [3.63, 3.8) is 0 Å². The molecule has 3 heterocycles. The molecule has 0 amide bonds. The number of aliphatic imine (C=N–C) groups is 2. The minimum atomic E-state index is 0.434. The molecule has 2 unspecified atom stereocenters. The quantitative estimate of drug-likeness (QED) is 0.223. The summed E-state index contributed by atoms with van der Waals surface area (Å²) < 4.78 is 9.96. The Bertz CT molecular complexity index is 1470. The monoisotopic (exact) mass is 582 g/mol. The highest BCUT2D eigenvalue weighted by molar-refractivity contribution is 5.97. The zero-order valence-electron chi connectivity index (χ0n) is 27.4. The number of hydrogen-bond acceptors (Lipinski definition) is 4. The number of aryl methyl sites for hydroxylation is 2. The third kappa shape index (κ3) is 8.37. The van der Waals surface area contributed by atoms with Gasteiger partial charge in [0.05, 0.1) is 24.7 Å². The van der Waals surface area contributed by atoms with Gasteiger partial charge in [0.1, 0.15) is 17.4 Å². The number of amidine groups is 1. The Morgan fingerprint density at radius 1 is 1.12 bits per heavy atom. The summed E-state index contributed by atoms with van der Waals surface area (Å²) in [6, 6.07) is 8.91. The van der Waals surface area contributed by atoms with Gasteiger partial charge in [-0.25, -0.2) is 4.99 Å². The number of anilines is 1. The van der Waals surface area contributed by atoms with Crippen molar-refractivity contribution in [1.29, 1.82) is 0 Å². The topological polar surface area (TPSA) is 68.7 Å². The smallest absolute Gasteiger partial charge is 0.142 e. The molecule has 1 saturated carbocycles. The molecule has 2 atom stereocenters. The number of nitrogens with one attached hydrogen (secondary N) is 1. The summed E-state index contributed by atoms with van der Waals surface area (Å²) in [7, 11) is 3.68. The average Bonchev–Trinajstić information content (AvgIpc) is 3.59. The molecule has 0 saturated heterocycles. The molecule has 3 aromatic rings. The number of nitrogens with zero attached hydrogens (tertiary/aromatic N) is 5. The first-order chi connectivity index (χ1) is 20.7. The normalized spacial score (nSPS) is 19.3. The van der Waals surface area contributed by atoms with Crippen LogP contribution >= 0.6 is 0 Å². The van der Waals surface area contributed by atoms with Crippen LogP contribution in [-0.2, 0) is 7.05 Å². The second kappa shape index (κ2) is 15.0. The van der Waals surface area contributed by atoms with Gasteiger partial charge in [-0.05, 0) is 75.6 Å². The molecule has 0 spiro atoms. The molecule has 0 radical (unpaired) electrons. The van der Waals surface area contributed by atoms with Crippen LogP contribution in [0.25, 0.3) is 17.3 Å². The maximum Gasteiger partial charge on any atom is 0.142 e. The molecule has 1 aliphatic heterocycles. The van der Waals surface area contributed by atoms with Gasteiger partial charge >= 0.3 is 0 Å². The second-order valence-electron chi connectivity index (χ2n) is 12.1. The van der Waals surface area contributed by atoms with Crippen LogP contribution in [0, 0.1) is 18.8 Å². The number of rotatable bonds is 7. The Hall–Kier alpha value is -3.87. The van der Waals surface area contributed by atoms with Crippen LogP contribution in [0.2, 0.25) is 0 Å². The molecule has 1 aromatic carbocycles. The van der Waals surface area contributed by atoms with Gasteiger partial charge in [0.15, 0.2) is 0 Å². The highest BCUT2D eigenvalue weighted by Crippen LogP contribution is 2.41. The van der Waals surface area contributed by atoms with E-state index in [-0.39, 0.29) is 0 Å². The predicted octanol–water partition coefficient (Wildman–Crippen LogP) is 9.54. The van der Waals surface area contributed by atoms with Crippen molar-refractivity contribution < 1.29 is 4.74 Å². The van der Waals surface area contributed by atoms with E-state index in [9.17, 15) is 0 Å². The van der Waals surface area contributed by atoms with Gasteiger partial charge in [-0.15, -0.1) is 0 Å². The first-order valence-electron chi connectivity index (χ1n) is 15.8. The minimum Gasteiger partial charge on any atom is -0.495 e. The van der Waals surface area contributed by atoms with Crippen LogP contribution in [0.1, 0.15) is 90.3 Å². The van der Waals surface area contributed by atoms with Gasteiger partial charge in [0.2, 0.25) is 0 Å². The standard InChI is InChI=1S/C29H39N5O.C7H11N/c1-7-20(2)15-23-17-27(24-18-30-33(5)19-24)34(25-11-9-8-10-12-25)29(23)32-22(4)31-26-14-13-21(3)16-28(26)35-6;1-6-3-4-8-5-7(6)2/h13-19,25H,7-12H2,1-6H3,(H,31,32);3-7H,1-2H3. The zero-order valence-corrected chi connectivity index (χ0v) is 27.4. The van der Waals surface area contributed by atoms with Gasteiger partial charge < -0.3 is 14.6 Å². The van der Waals surface area contributed by atoms with E-state index in [4.69, 9.17) is 9.73 Å². The Morgan fingerprint density at radius 2 is 1.88 bits per heavy atom. The van der Waals surface area contributed by atoms with Crippen LogP contribution < -0.4 is 10.1 Å². The molecule has 2 aliphatic rings. The van der Waals surface area contributed by atoms with E-state index in [0.29, 0.717) is 17.9 Å². The molecule has 230 valence electrons. The Morgan fingerprint density at radius 3 is 2.49 bits per heavy atom. The van der Waals surface area contributed by atoms with Gasteiger partial charge in [-0.1, -0.05) is 63.8 Å². The highest BCUT2D eigenvalue weighted by Gasteiger charge is 2.24. The van der Waals surface area contributed by atoms with E-state index in [0.717, 1.165) is 46.2 Å². The van der Waals surface area contributed by atoms with Crippen molar-refractivity contribution in [1.82, 2.24) is 14.3 Å². The van der Waals surface area contributed by atoms with Crippen LogP contribution in [0.4, 0.5) is 11.5 Å². The lowest BCUT2D eigenvalue weighted by molar-refractivity contribution is 0.358. The summed E-state index contributed by atoms with van der Waals surface area (Å²) in [5.41, 5.74) is 6.91. The molecule has 43 heavy (non-hydrogen) atoms. The SMILES string of the molecule is CC1C=CN=CC1C.CCC(C)=Cc1cc(-c2cnn(C)c2)n(C2CCCCC2)c1/N=C(\C)Nc1ccc(C)cc1OC. The first kappa shape index (κ1) is 32.1. The van der Waals surface area contributed by atoms with E-state index < -0.39 is 0 Å². The number of benzene rings is 1. The molecule has 7 heteroatoms. The zero-order chi connectivity index (χ0) is 30.9. The molecule has 2 aromatic heterocycles. The first-order valence-corrected chi connectivity index (χ1v) is 15.8. The molecule has 1 aliphatic carbocycles. The fourth-order valence-corrected chi connectivity index (χ4v) is 5.58. The van der Waals surface area contributed by atoms with Gasteiger partial charge in [0, 0.05) is 42.8 Å². The summed E-state index contributed by atoms with van der Waals surface area (Å²) >= 11 is 0. The summed E-state index contributed by atoms with van der Waals surface area (Å²) in [5, 5.41) is 7.95. The maximum atomic E-state index is 5.61. The van der Waals surface area contributed by atoms with Crippen LogP contribution in [0.15, 0.2) is 64.5 Å². The van der Waals surface area contributed by atoms with Gasteiger partial charge in [-0.3, -0.25) is 9.67 Å². The molecule has 1 N–H and O–H groups in total. The summed E-state index contributed by atoms with van der Waals surface area (Å²) in [6.45, 7) is 12.9. The molecule has 1 fully saturated rings. The Balaban J connectivity index is 0.000000458. The van der Waals surface area contributed by atoms with E-state index in [1.54, 1.807) is 7.11 Å². The van der Waals surface area contributed by atoms with Gasteiger partial charge in [0.25, 0.3) is 0 Å². The van der Waals surface area contributed by atoms with Crippen molar-refractivity contribution in [2.45, 2.75) is 86.1 Å². The molecular weight excluding hydrogens is 532 g/mol. The predicted molar refractivity (Wildman–Crippen MR) is 183 cm³/mol. The average molecular weight is 583 g/mol. The summed E-state index contributed by atoms with van der Waals surface area (Å²) in [6.07, 6.45) is 19.5. The minimum absolute atomic E-state index is 0.434. The maximum absolute atomic E-state index is 5.61. The van der Waals surface area contributed by atoms with Crippen molar-refractivity contribution in [3.8, 4) is 17.0 Å².